The average molecular weight is 291 g/mol. The van der Waals surface area contributed by atoms with Gasteiger partial charge in [0.05, 0.1) is 5.02 Å². The Balaban J connectivity index is 2.29. The van der Waals surface area contributed by atoms with Crippen LogP contribution in [0.1, 0.15) is 39.2 Å². The highest BCUT2D eigenvalue weighted by Crippen LogP contribution is 2.45. The molecule has 0 aromatic heterocycles. The third kappa shape index (κ3) is 3.11. The van der Waals surface area contributed by atoms with Crippen molar-refractivity contribution < 1.29 is 18.6 Å². The lowest BCUT2D eigenvalue weighted by atomic mass is 9.85. The van der Waals surface area contributed by atoms with Crippen LogP contribution in [0.4, 0.5) is 8.78 Å². The maximum atomic E-state index is 12.8. The summed E-state index contributed by atoms with van der Waals surface area (Å²) in [5, 5.41) is 9.86. The van der Waals surface area contributed by atoms with Gasteiger partial charge in [0.2, 0.25) is 0 Å². The molecule has 0 saturated heterocycles. The van der Waals surface area contributed by atoms with Crippen molar-refractivity contribution in [2.45, 2.75) is 51.1 Å². The van der Waals surface area contributed by atoms with Crippen molar-refractivity contribution in [2.24, 2.45) is 0 Å². The summed E-state index contributed by atoms with van der Waals surface area (Å²) in [5.41, 5.74) is 0.414. The predicted molar refractivity (Wildman–Crippen MR) is 70.4 cm³/mol. The molecule has 19 heavy (non-hydrogen) atoms. The van der Waals surface area contributed by atoms with E-state index < -0.39 is 12.0 Å². The van der Waals surface area contributed by atoms with Gasteiger partial charge in [-0.05, 0) is 11.5 Å². The van der Waals surface area contributed by atoms with Crippen molar-refractivity contribution in [3.8, 4) is 11.5 Å². The zero-order valence-corrected chi connectivity index (χ0v) is 11.9. The number of alkyl halides is 2. The van der Waals surface area contributed by atoms with Gasteiger partial charge in [-0.25, -0.2) is 8.78 Å². The predicted octanol–water partition coefficient (Wildman–Crippen LogP) is 4.52. The Hall–Kier alpha value is -1.03. The van der Waals surface area contributed by atoms with Gasteiger partial charge in [-0.15, -0.1) is 0 Å². The summed E-state index contributed by atoms with van der Waals surface area (Å²) in [6.45, 7) is 5.83. The molecule has 1 aliphatic carbocycles. The van der Waals surface area contributed by atoms with Gasteiger partial charge in [-0.1, -0.05) is 32.4 Å². The molecule has 0 amide bonds. The summed E-state index contributed by atoms with van der Waals surface area (Å²) in [6.07, 6.45) is -1.08. The third-order valence-electron chi connectivity index (χ3n) is 3.17. The Bertz CT molecular complexity index is 487. The molecule has 0 radical (unpaired) electrons. The molecule has 0 bridgehead atoms. The summed E-state index contributed by atoms with van der Waals surface area (Å²) in [7, 11) is 0. The summed E-state index contributed by atoms with van der Waals surface area (Å²) < 4.78 is 31.3. The Morgan fingerprint density at radius 2 is 1.89 bits per heavy atom. The summed E-state index contributed by atoms with van der Waals surface area (Å²) >= 11 is 6.06. The topological polar surface area (TPSA) is 29.5 Å². The highest BCUT2D eigenvalue weighted by atomic mass is 35.5. The highest BCUT2D eigenvalue weighted by molar-refractivity contribution is 6.32. The number of phenols is 1. The van der Waals surface area contributed by atoms with E-state index in [1.807, 2.05) is 20.8 Å². The molecule has 5 heteroatoms. The molecule has 0 aliphatic heterocycles. The van der Waals surface area contributed by atoms with Crippen LogP contribution in [0.2, 0.25) is 5.02 Å². The van der Waals surface area contributed by atoms with Crippen molar-refractivity contribution in [3.63, 3.8) is 0 Å². The summed E-state index contributed by atoms with van der Waals surface area (Å²) in [5.74, 6) is -2.19. The monoisotopic (exact) mass is 290 g/mol. The first kappa shape index (κ1) is 14.4. The van der Waals surface area contributed by atoms with E-state index in [1.54, 1.807) is 6.07 Å². The molecule has 2 nitrogen and oxygen atoms in total. The van der Waals surface area contributed by atoms with Crippen LogP contribution < -0.4 is 4.74 Å². The van der Waals surface area contributed by atoms with Crippen LogP contribution in [0.3, 0.4) is 0 Å². The van der Waals surface area contributed by atoms with Crippen molar-refractivity contribution in [2.75, 3.05) is 0 Å². The number of phenolic OH excluding ortho intramolecular Hbond substituents is 1. The Morgan fingerprint density at radius 1 is 1.32 bits per heavy atom. The van der Waals surface area contributed by atoms with Gasteiger partial charge in [0, 0.05) is 24.5 Å². The summed E-state index contributed by atoms with van der Waals surface area (Å²) in [4.78, 5) is 0. The van der Waals surface area contributed by atoms with E-state index in [0.29, 0.717) is 11.3 Å². The van der Waals surface area contributed by atoms with Gasteiger partial charge >= 0.3 is 0 Å². The second kappa shape index (κ2) is 4.51. The number of ether oxygens (including phenoxy) is 1. The van der Waals surface area contributed by atoms with E-state index in [-0.39, 0.29) is 29.0 Å². The number of hydrogen-bond acceptors (Lipinski definition) is 2. The van der Waals surface area contributed by atoms with Gasteiger partial charge in [-0.2, -0.15) is 0 Å². The molecule has 1 N–H and O–H groups in total. The molecular formula is C14H17ClF2O2. The molecule has 0 unspecified atom stereocenters. The molecule has 0 heterocycles. The minimum absolute atomic E-state index is 0.0428. The van der Waals surface area contributed by atoms with E-state index in [1.165, 1.54) is 6.07 Å². The number of hydrogen-bond donors (Lipinski definition) is 1. The second-order valence-corrected chi connectivity index (χ2v) is 6.47. The molecule has 1 aromatic carbocycles. The van der Waals surface area contributed by atoms with Crippen LogP contribution in [-0.2, 0) is 5.41 Å². The van der Waals surface area contributed by atoms with Gasteiger partial charge in [-0.3, -0.25) is 0 Å². The lowest BCUT2D eigenvalue weighted by molar-refractivity contribution is -0.134. The van der Waals surface area contributed by atoms with Crippen molar-refractivity contribution >= 4 is 11.6 Å². The maximum absolute atomic E-state index is 12.8. The van der Waals surface area contributed by atoms with Gasteiger partial charge in [0.15, 0.2) is 0 Å². The van der Waals surface area contributed by atoms with Crippen LogP contribution in [0.5, 0.6) is 11.5 Å². The van der Waals surface area contributed by atoms with E-state index in [0.717, 1.165) is 0 Å². The number of rotatable bonds is 2. The molecule has 106 valence electrons. The Morgan fingerprint density at radius 3 is 2.37 bits per heavy atom. The quantitative estimate of drug-likeness (QED) is 0.868. The first-order chi connectivity index (χ1) is 8.58. The third-order valence-corrected chi connectivity index (χ3v) is 3.45. The lowest BCUT2D eigenvalue weighted by Crippen LogP contribution is -2.43. The fourth-order valence-electron chi connectivity index (χ4n) is 2.11. The minimum atomic E-state index is -2.63. The average Bonchev–Trinajstić information content (AvgIpc) is 2.17. The van der Waals surface area contributed by atoms with Gasteiger partial charge in [0.25, 0.3) is 5.92 Å². The van der Waals surface area contributed by atoms with Crippen molar-refractivity contribution in [3.05, 3.63) is 22.7 Å². The van der Waals surface area contributed by atoms with E-state index in [9.17, 15) is 13.9 Å². The van der Waals surface area contributed by atoms with Crippen LogP contribution in [0, 0.1) is 0 Å². The fourth-order valence-corrected chi connectivity index (χ4v) is 2.37. The standard InChI is InChI=1S/C14H17ClF2O2/c1-13(2,3)10-4-8(18)5-11(15)12(10)19-9-6-14(16,17)7-9/h4-5,9,18H,6-7H2,1-3H3. The first-order valence-electron chi connectivity index (χ1n) is 6.16. The Kier molecular flexibility index (Phi) is 3.42. The number of aromatic hydroxyl groups is 1. The smallest absolute Gasteiger partial charge is 0.255 e. The van der Waals surface area contributed by atoms with Crippen LogP contribution in [0.25, 0.3) is 0 Å². The fraction of sp³-hybridized carbons (Fsp3) is 0.571. The first-order valence-corrected chi connectivity index (χ1v) is 6.54. The van der Waals surface area contributed by atoms with Crippen molar-refractivity contribution in [1.82, 2.24) is 0 Å². The highest BCUT2D eigenvalue weighted by Gasteiger charge is 2.47. The van der Waals surface area contributed by atoms with E-state index in [2.05, 4.69) is 0 Å². The number of halogens is 3. The minimum Gasteiger partial charge on any atom is -0.508 e. The molecule has 2 rings (SSSR count). The largest absolute Gasteiger partial charge is 0.508 e. The maximum Gasteiger partial charge on any atom is 0.255 e. The molecule has 1 aromatic rings. The molecular weight excluding hydrogens is 274 g/mol. The second-order valence-electron chi connectivity index (χ2n) is 6.06. The molecule has 1 aliphatic rings. The molecule has 0 atom stereocenters. The number of benzene rings is 1. The Labute approximate surface area is 116 Å². The van der Waals surface area contributed by atoms with Crippen LogP contribution >= 0.6 is 11.6 Å². The zero-order valence-electron chi connectivity index (χ0n) is 11.1. The van der Waals surface area contributed by atoms with Crippen molar-refractivity contribution in [1.29, 1.82) is 0 Å². The molecule has 0 spiro atoms. The zero-order chi connectivity index (χ0) is 14.4. The van der Waals surface area contributed by atoms with E-state index >= 15 is 0 Å². The van der Waals surface area contributed by atoms with Crippen LogP contribution in [-0.4, -0.2) is 17.1 Å². The molecule has 1 fully saturated rings. The lowest BCUT2D eigenvalue weighted by Gasteiger charge is -2.36. The van der Waals surface area contributed by atoms with Crippen LogP contribution in [0.15, 0.2) is 12.1 Å². The molecule has 1 saturated carbocycles. The summed E-state index contributed by atoms with van der Waals surface area (Å²) in [6, 6.07) is 2.93. The van der Waals surface area contributed by atoms with Gasteiger partial charge < -0.3 is 9.84 Å². The van der Waals surface area contributed by atoms with E-state index in [4.69, 9.17) is 16.3 Å². The van der Waals surface area contributed by atoms with Gasteiger partial charge in [0.1, 0.15) is 17.6 Å². The normalized spacial score (nSPS) is 19.1. The SMILES string of the molecule is CC(C)(C)c1cc(O)cc(Cl)c1OC1CC(F)(F)C1.